The van der Waals surface area contributed by atoms with Gasteiger partial charge in [0.1, 0.15) is 11.6 Å². The Labute approximate surface area is 222 Å². The number of amidine groups is 1. The molecule has 0 aromatic heterocycles. The van der Waals surface area contributed by atoms with Crippen LogP contribution in [-0.4, -0.2) is 96.2 Å². The summed E-state index contributed by atoms with van der Waals surface area (Å²) in [7, 11) is 3.64. The van der Waals surface area contributed by atoms with Gasteiger partial charge in [0.25, 0.3) is 11.8 Å². The minimum Gasteiger partial charge on any atom is -0.497 e. The Hall–Kier alpha value is -3.91. The molecule has 2 fully saturated rings. The summed E-state index contributed by atoms with van der Waals surface area (Å²) in [5.41, 5.74) is 1.35. The van der Waals surface area contributed by atoms with Crippen LogP contribution in [0.4, 0.5) is 0 Å². The van der Waals surface area contributed by atoms with Crippen molar-refractivity contribution in [3.05, 3.63) is 64.7 Å². The van der Waals surface area contributed by atoms with Gasteiger partial charge in [-0.2, -0.15) is 0 Å². The maximum Gasteiger partial charge on any atom is 0.257 e. The molecule has 198 valence electrons. The molecule has 4 N–H and O–H groups in total. The van der Waals surface area contributed by atoms with E-state index in [4.69, 9.17) is 10.1 Å². The van der Waals surface area contributed by atoms with Crippen LogP contribution >= 0.6 is 0 Å². The van der Waals surface area contributed by atoms with E-state index < -0.39 is 17.8 Å². The van der Waals surface area contributed by atoms with E-state index in [1.807, 2.05) is 30.3 Å². The number of amides is 2. The summed E-state index contributed by atoms with van der Waals surface area (Å²) >= 11 is 0. The molecule has 0 saturated carbocycles. The van der Waals surface area contributed by atoms with Crippen LogP contribution in [0.5, 0.6) is 5.75 Å². The number of fused-ring (bicyclic) bond motifs is 1. The zero-order valence-corrected chi connectivity index (χ0v) is 21.6. The first kappa shape index (κ1) is 25.7. The third-order valence-corrected chi connectivity index (χ3v) is 7.28. The van der Waals surface area contributed by atoms with Crippen LogP contribution in [-0.2, 0) is 11.3 Å². The van der Waals surface area contributed by atoms with Crippen LogP contribution in [0.2, 0.25) is 0 Å². The van der Waals surface area contributed by atoms with E-state index in [1.165, 1.54) is 0 Å². The Morgan fingerprint density at radius 3 is 2.66 bits per heavy atom. The quantitative estimate of drug-likeness (QED) is 0.264. The number of hydrogen-bond acceptors (Lipinski definition) is 7. The Bertz CT molecular complexity index is 1320. The number of carbonyl (C=O) groups excluding carboxylic acids is 2. The van der Waals surface area contributed by atoms with Gasteiger partial charge in [0.2, 0.25) is 0 Å². The number of methoxy groups -OCH3 is 1. The lowest BCUT2D eigenvalue weighted by molar-refractivity contribution is -0.123. The Morgan fingerprint density at radius 2 is 1.95 bits per heavy atom. The van der Waals surface area contributed by atoms with Crippen molar-refractivity contribution < 1.29 is 19.4 Å². The highest BCUT2D eigenvalue weighted by Crippen LogP contribution is 2.28. The first-order chi connectivity index (χ1) is 18.3. The van der Waals surface area contributed by atoms with Gasteiger partial charge in [-0.3, -0.25) is 15.0 Å². The number of aliphatic hydroxyl groups is 1. The second-order valence-corrected chi connectivity index (χ2v) is 9.93. The summed E-state index contributed by atoms with van der Waals surface area (Å²) in [5, 5.41) is 24.0. The van der Waals surface area contributed by atoms with Crippen LogP contribution in [0, 0.1) is 17.3 Å². The molecule has 0 bridgehead atoms. The molecule has 10 nitrogen and oxygen atoms in total. The van der Waals surface area contributed by atoms with Gasteiger partial charge in [0, 0.05) is 42.9 Å². The summed E-state index contributed by atoms with van der Waals surface area (Å²) in [6.07, 6.45) is -0.253. The van der Waals surface area contributed by atoms with E-state index in [0.717, 1.165) is 43.7 Å². The molecule has 2 saturated heterocycles. The third-order valence-electron chi connectivity index (χ3n) is 7.28. The van der Waals surface area contributed by atoms with Gasteiger partial charge < -0.3 is 29.9 Å². The van der Waals surface area contributed by atoms with Gasteiger partial charge in [-0.15, -0.1) is 0 Å². The summed E-state index contributed by atoms with van der Waals surface area (Å²) in [6.45, 7) is 3.91. The number of nitrogens with zero attached hydrogens (tertiary/aromatic N) is 3. The first-order valence-corrected chi connectivity index (χ1v) is 12.7. The number of aliphatic hydroxyl groups excluding tert-OH is 1. The molecule has 0 aliphatic carbocycles. The van der Waals surface area contributed by atoms with Crippen molar-refractivity contribution in [2.24, 2.45) is 0 Å². The predicted molar refractivity (Wildman–Crippen MR) is 142 cm³/mol. The fourth-order valence-electron chi connectivity index (χ4n) is 5.06. The molecular formula is C28H32N6O4. The molecule has 2 amide bonds. The highest BCUT2D eigenvalue weighted by atomic mass is 16.5. The van der Waals surface area contributed by atoms with Crippen molar-refractivity contribution in [2.75, 3.05) is 46.9 Å². The number of hydrogen-bond donors (Lipinski definition) is 4. The maximum atomic E-state index is 13.1. The molecule has 3 heterocycles. The zero-order valence-electron chi connectivity index (χ0n) is 21.6. The average Bonchev–Trinajstić information content (AvgIpc) is 3.26. The normalized spacial score (nSPS) is 23.4. The van der Waals surface area contributed by atoms with Crippen molar-refractivity contribution in [3.8, 4) is 17.6 Å². The van der Waals surface area contributed by atoms with Crippen molar-refractivity contribution in [3.63, 3.8) is 0 Å². The zero-order chi connectivity index (χ0) is 26.9. The standard InChI is InChI=1S/C28H32N6O4/c1-32-12-3-13-33(15-14-32)24(29)20-6-4-19(5-7-20)10-11-28(26(36)30-27(37)31-28)18-34-17-21-8-9-22(38-2)16-23(21)25(34)35/h4-9,16,27,29,31,37H,3,12-15,17-18H2,1-2H3,(H,30,36). The van der Waals surface area contributed by atoms with E-state index in [2.05, 4.69) is 39.3 Å². The maximum absolute atomic E-state index is 13.1. The molecule has 38 heavy (non-hydrogen) atoms. The number of nitrogens with one attached hydrogen (secondary N) is 3. The monoisotopic (exact) mass is 516 g/mol. The van der Waals surface area contributed by atoms with Crippen LogP contribution in [0.15, 0.2) is 42.5 Å². The van der Waals surface area contributed by atoms with Gasteiger partial charge in [-0.1, -0.05) is 30.0 Å². The SMILES string of the molecule is COc1ccc2c(c1)C(=O)N(CC1(C#Cc3ccc(C(=N)N4CCCN(C)CC4)cc3)NC(O)NC1=O)C2. The van der Waals surface area contributed by atoms with Crippen molar-refractivity contribution in [1.82, 2.24) is 25.3 Å². The minimum absolute atomic E-state index is 0.0368. The summed E-state index contributed by atoms with van der Waals surface area (Å²) in [6, 6.07) is 12.7. The molecule has 5 rings (SSSR count). The molecular weight excluding hydrogens is 484 g/mol. The molecule has 10 heteroatoms. The largest absolute Gasteiger partial charge is 0.497 e. The summed E-state index contributed by atoms with van der Waals surface area (Å²) < 4.78 is 5.24. The molecule has 3 aliphatic heterocycles. The molecule has 3 aliphatic rings. The number of ether oxygens (including phenoxy) is 1. The van der Waals surface area contributed by atoms with E-state index in [0.29, 0.717) is 29.3 Å². The molecule has 2 atom stereocenters. The summed E-state index contributed by atoms with van der Waals surface area (Å²) in [4.78, 5) is 32.0. The Balaban J connectivity index is 1.34. The van der Waals surface area contributed by atoms with Gasteiger partial charge in [-0.05, 0) is 49.8 Å². The van der Waals surface area contributed by atoms with E-state index in [1.54, 1.807) is 24.1 Å². The number of benzene rings is 2. The molecule has 0 spiro atoms. The van der Waals surface area contributed by atoms with Gasteiger partial charge in [0.15, 0.2) is 11.9 Å². The molecule has 2 aromatic carbocycles. The van der Waals surface area contributed by atoms with Crippen molar-refractivity contribution in [2.45, 2.75) is 24.9 Å². The van der Waals surface area contributed by atoms with Gasteiger partial charge in [-0.25, -0.2) is 5.32 Å². The smallest absolute Gasteiger partial charge is 0.257 e. The van der Waals surface area contributed by atoms with E-state index in [-0.39, 0.29) is 12.5 Å². The second-order valence-electron chi connectivity index (χ2n) is 9.93. The number of rotatable bonds is 4. The molecule has 2 aromatic rings. The third kappa shape index (κ3) is 5.09. The molecule has 2 unspecified atom stereocenters. The topological polar surface area (TPSA) is 121 Å². The van der Waals surface area contributed by atoms with Gasteiger partial charge >= 0.3 is 0 Å². The Morgan fingerprint density at radius 1 is 1.16 bits per heavy atom. The fourth-order valence-corrected chi connectivity index (χ4v) is 5.06. The molecule has 0 radical (unpaired) electrons. The fraction of sp³-hybridized carbons (Fsp3) is 0.393. The number of likely N-dealkylation sites (N-methyl/N-ethyl adjacent to an activating group) is 1. The second kappa shape index (κ2) is 10.5. The van der Waals surface area contributed by atoms with E-state index in [9.17, 15) is 14.7 Å². The predicted octanol–water partition coefficient (Wildman–Crippen LogP) is 0.400. The Kier molecular flexibility index (Phi) is 7.08. The van der Waals surface area contributed by atoms with Crippen molar-refractivity contribution >= 4 is 17.6 Å². The lowest BCUT2D eigenvalue weighted by Crippen LogP contribution is -2.54. The van der Waals surface area contributed by atoms with Crippen LogP contribution < -0.4 is 15.4 Å². The van der Waals surface area contributed by atoms with Gasteiger partial charge in [0.05, 0.1) is 13.7 Å². The highest BCUT2D eigenvalue weighted by Gasteiger charge is 2.48. The lowest BCUT2D eigenvalue weighted by Gasteiger charge is -2.26. The van der Waals surface area contributed by atoms with Crippen LogP contribution in [0.1, 0.15) is 33.5 Å². The first-order valence-electron chi connectivity index (χ1n) is 12.7. The number of carbonyl (C=O) groups is 2. The van der Waals surface area contributed by atoms with Crippen LogP contribution in [0.25, 0.3) is 0 Å². The van der Waals surface area contributed by atoms with Crippen LogP contribution in [0.3, 0.4) is 0 Å². The minimum atomic E-state index is -1.48. The lowest BCUT2D eigenvalue weighted by atomic mass is 9.99. The summed E-state index contributed by atoms with van der Waals surface area (Å²) in [5.74, 6) is 6.38. The average molecular weight is 517 g/mol. The van der Waals surface area contributed by atoms with Crippen molar-refractivity contribution in [1.29, 1.82) is 5.41 Å². The van der Waals surface area contributed by atoms with E-state index >= 15 is 0 Å². The highest BCUT2D eigenvalue weighted by molar-refractivity contribution is 6.00.